The third-order valence-corrected chi connectivity index (χ3v) is 13.0. The second-order valence-electron chi connectivity index (χ2n) is 14.9. The van der Waals surface area contributed by atoms with E-state index in [2.05, 4.69) is 27.7 Å². The summed E-state index contributed by atoms with van der Waals surface area (Å²) < 4.78 is 46.3. The molecule has 6 heteroatoms. The predicted molar refractivity (Wildman–Crippen MR) is 155 cm³/mol. The van der Waals surface area contributed by atoms with E-state index in [1.807, 2.05) is 0 Å². The number of aliphatic hydroxyl groups is 1. The van der Waals surface area contributed by atoms with Crippen LogP contribution in [0.2, 0.25) is 0 Å². The average Bonchev–Trinajstić information content (AvgIpc) is 3.30. The predicted octanol–water partition coefficient (Wildman–Crippen LogP) is 9.38. The van der Waals surface area contributed by atoms with Gasteiger partial charge < -0.3 is 9.84 Å². The normalized spacial score (nSPS) is 40.1. The number of rotatable bonds is 8. The Hall–Kier alpha value is -1.56. The van der Waals surface area contributed by atoms with Gasteiger partial charge in [0.15, 0.2) is 6.10 Å². The number of hydrogen-bond acceptors (Lipinski definition) is 3. The highest BCUT2D eigenvalue weighted by atomic mass is 19.4. The zero-order valence-electron chi connectivity index (χ0n) is 25.5. The van der Waals surface area contributed by atoms with Gasteiger partial charge in [0, 0.05) is 0 Å². The summed E-state index contributed by atoms with van der Waals surface area (Å²) >= 11 is 0. The first kappa shape index (κ1) is 30.9. The van der Waals surface area contributed by atoms with Crippen molar-refractivity contribution in [3.8, 4) is 0 Å². The third kappa shape index (κ3) is 5.85. The van der Waals surface area contributed by atoms with Gasteiger partial charge in [-0.15, -0.1) is 0 Å². The van der Waals surface area contributed by atoms with Crippen molar-refractivity contribution in [2.45, 2.75) is 129 Å². The summed E-state index contributed by atoms with van der Waals surface area (Å²) in [6.07, 6.45) is 5.58. The molecule has 0 unspecified atom stereocenters. The zero-order valence-corrected chi connectivity index (χ0v) is 25.5. The molecule has 0 spiro atoms. The summed E-state index contributed by atoms with van der Waals surface area (Å²) in [5, 5.41) is 11.1. The van der Waals surface area contributed by atoms with Gasteiger partial charge in [0.25, 0.3) is 0 Å². The van der Waals surface area contributed by atoms with Crippen LogP contribution in [0.15, 0.2) is 30.3 Å². The fourth-order valence-electron chi connectivity index (χ4n) is 10.5. The standard InChI is InChI=1S/C35H51F3O3/c1-5-34(40)21-20-32(3)25(22-34)14-15-26-28-17-16-27(33(28,4)19-18-29(26)32)23(2)10-9-13-30(35(36,37)38)41-31(39)24-11-7-6-8-12-24/h6-8,11-12,23,25-30,40H,5,9-10,13-22H2,1-4H3/t23-,25+,26+,27-,28+,29+,30-,32+,33-,34+/m1/s1. The second-order valence-corrected chi connectivity index (χ2v) is 14.9. The smallest absolute Gasteiger partial charge is 0.425 e. The maximum absolute atomic E-state index is 13.8. The van der Waals surface area contributed by atoms with E-state index < -0.39 is 23.9 Å². The molecule has 1 N–H and O–H groups in total. The average molecular weight is 577 g/mol. The molecule has 0 aliphatic heterocycles. The molecular weight excluding hydrogens is 525 g/mol. The van der Waals surface area contributed by atoms with Crippen molar-refractivity contribution in [2.24, 2.45) is 46.3 Å². The van der Waals surface area contributed by atoms with Crippen molar-refractivity contribution < 1.29 is 27.8 Å². The lowest BCUT2D eigenvalue weighted by atomic mass is 9.43. The molecule has 0 saturated heterocycles. The van der Waals surface area contributed by atoms with Crippen molar-refractivity contribution in [1.82, 2.24) is 0 Å². The molecule has 0 aromatic heterocycles. The Morgan fingerprint density at radius 2 is 1.68 bits per heavy atom. The summed E-state index contributed by atoms with van der Waals surface area (Å²) in [5.74, 6) is 2.78. The van der Waals surface area contributed by atoms with Crippen LogP contribution in [-0.2, 0) is 4.74 Å². The Labute approximate surface area is 245 Å². The number of carbonyl (C=O) groups is 1. The Bertz CT molecular complexity index is 1060. The summed E-state index contributed by atoms with van der Waals surface area (Å²) in [6, 6.07) is 7.92. The van der Waals surface area contributed by atoms with Gasteiger partial charge in [0.05, 0.1) is 11.2 Å². The van der Waals surface area contributed by atoms with Crippen molar-refractivity contribution in [3.63, 3.8) is 0 Å². The van der Waals surface area contributed by atoms with Gasteiger partial charge in [-0.1, -0.05) is 52.3 Å². The molecule has 4 aliphatic carbocycles. The summed E-state index contributed by atoms with van der Waals surface area (Å²) in [5.41, 5.74) is 0.261. The number of hydrogen-bond donors (Lipinski definition) is 1. The fourth-order valence-corrected chi connectivity index (χ4v) is 10.5. The van der Waals surface area contributed by atoms with Gasteiger partial charge in [0.1, 0.15) is 0 Å². The Balaban J connectivity index is 1.19. The number of carbonyl (C=O) groups excluding carboxylic acids is 1. The largest absolute Gasteiger partial charge is 0.449 e. The lowest BCUT2D eigenvalue weighted by molar-refractivity contribution is -0.206. The van der Waals surface area contributed by atoms with Crippen molar-refractivity contribution in [2.75, 3.05) is 0 Å². The van der Waals surface area contributed by atoms with E-state index in [4.69, 9.17) is 4.74 Å². The number of halogens is 3. The molecule has 4 aliphatic rings. The first-order chi connectivity index (χ1) is 19.3. The maximum atomic E-state index is 13.8. The second kappa shape index (κ2) is 11.5. The topological polar surface area (TPSA) is 46.5 Å². The van der Waals surface area contributed by atoms with Crippen LogP contribution < -0.4 is 0 Å². The molecule has 1 aromatic rings. The minimum atomic E-state index is -4.57. The van der Waals surface area contributed by atoms with Gasteiger partial charge in [-0.2, -0.15) is 13.2 Å². The molecule has 0 amide bonds. The van der Waals surface area contributed by atoms with Crippen LogP contribution in [0.3, 0.4) is 0 Å². The summed E-state index contributed by atoms with van der Waals surface area (Å²) in [4.78, 5) is 12.3. The number of ether oxygens (including phenoxy) is 1. The first-order valence-electron chi connectivity index (χ1n) is 16.4. The first-order valence-corrected chi connectivity index (χ1v) is 16.4. The molecule has 10 atom stereocenters. The summed E-state index contributed by atoms with van der Waals surface area (Å²) in [6.45, 7) is 9.39. The molecule has 4 fully saturated rings. The highest BCUT2D eigenvalue weighted by Crippen LogP contribution is 2.69. The van der Waals surface area contributed by atoms with Crippen LogP contribution in [0.5, 0.6) is 0 Å². The van der Waals surface area contributed by atoms with Crippen LogP contribution in [0.4, 0.5) is 13.2 Å². The molecule has 41 heavy (non-hydrogen) atoms. The van der Waals surface area contributed by atoms with Gasteiger partial charge >= 0.3 is 12.1 Å². The van der Waals surface area contributed by atoms with E-state index in [9.17, 15) is 23.1 Å². The molecular formula is C35H51F3O3. The van der Waals surface area contributed by atoms with Gasteiger partial charge in [0.2, 0.25) is 0 Å². The number of fused-ring (bicyclic) bond motifs is 5. The number of esters is 1. The fraction of sp³-hybridized carbons (Fsp3) is 0.800. The number of benzene rings is 1. The highest BCUT2D eigenvalue weighted by Gasteiger charge is 2.61. The molecule has 0 heterocycles. The van der Waals surface area contributed by atoms with Gasteiger partial charge in [-0.05, 0) is 136 Å². The molecule has 0 bridgehead atoms. The third-order valence-electron chi connectivity index (χ3n) is 13.0. The zero-order chi connectivity index (χ0) is 29.6. The molecule has 3 nitrogen and oxygen atoms in total. The van der Waals surface area contributed by atoms with Crippen molar-refractivity contribution >= 4 is 5.97 Å². The Morgan fingerprint density at radius 3 is 2.37 bits per heavy atom. The van der Waals surface area contributed by atoms with E-state index in [0.29, 0.717) is 35.5 Å². The van der Waals surface area contributed by atoms with E-state index in [1.54, 1.807) is 18.2 Å². The van der Waals surface area contributed by atoms with E-state index >= 15 is 0 Å². The quantitative estimate of drug-likeness (QED) is 0.314. The van der Waals surface area contributed by atoms with Crippen LogP contribution in [0.1, 0.15) is 122 Å². The van der Waals surface area contributed by atoms with Gasteiger partial charge in [-0.3, -0.25) is 0 Å². The minimum Gasteiger partial charge on any atom is -0.449 e. The Kier molecular flexibility index (Phi) is 8.67. The summed E-state index contributed by atoms with van der Waals surface area (Å²) in [7, 11) is 0. The van der Waals surface area contributed by atoms with E-state index in [1.165, 1.54) is 50.7 Å². The van der Waals surface area contributed by atoms with Crippen LogP contribution in [0.25, 0.3) is 0 Å². The molecule has 0 radical (unpaired) electrons. The molecule has 4 saturated carbocycles. The Morgan fingerprint density at radius 1 is 0.976 bits per heavy atom. The highest BCUT2D eigenvalue weighted by molar-refractivity contribution is 5.89. The minimum absolute atomic E-state index is 0.146. The van der Waals surface area contributed by atoms with Crippen LogP contribution in [-0.4, -0.2) is 29.0 Å². The molecule has 1 aromatic carbocycles. The SMILES string of the molecule is CC[C@]1(O)CC[C@@]2(C)[C@@H](CC[C@@H]3[C@@H]2CC[C@]2(C)[C@@H]([C@H](C)CCC[C@@H](OC(=O)c4ccccc4)C(F)(F)F)CC[C@@H]32)C1. The van der Waals surface area contributed by atoms with Gasteiger partial charge in [-0.25, -0.2) is 4.79 Å². The van der Waals surface area contributed by atoms with E-state index in [0.717, 1.165) is 43.9 Å². The lowest BCUT2D eigenvalue weighted by Gasteiger charge is -2.62. The van der Waals surface area contributed by atoms with E-state index in [-0.39, 0.29) is 17.4 Å². The van der Waals surface area contributed by atoms with Crippen LogP contribution >= 0.6 is 0 Å². The van der Waals surface area contributed by atoms with Crippen molar-refractivity contribution in [3.05, 3.63) is 35.9 Å². The monoisotopic (exact) mass is 576 g/mol. The number of alkyl halides is 3. The van der Waals surface area contributed by atoms with Crippen LogP contribution in [0, 0.1) is 46.3 Å². The lowest BCUT2D eigenvalue weighted by Crippen LogP contribution is -2.56. The maximum Gasteiger partial charge on any atom is 0.425 e. The molecule has 5 rings (SSSR count). The molecule has 230 valence electrons. The van der Waals surface area contributed by atoms with Crippen molar-refractivity contribution in [1.29, 1.82) is 0 Å².